The summed E-state index contributed by atoms with van der Waals surface area (Å²) in [7, 11) is 2.01. The standard InChI is InChI=1S/C13H24N4/c1-8(2)17-7-6-11(14)13(17)12-9(3)15-16(5)10(12)4/h8,11,13H,6-7,14H2,1-5H3. The lowest BCUT2D eigenvalue weighted by atomic mass is 9.98. The van der Waals surface area contributed by atoms with Gasteiger partial charge in [0.05, 0.1) is 11.7 Å². The fourth-order valence-corrected chi connectivity index (χ4v) is 3.02. The zero-order valence-corrected chi connectivity index (χ0v) is 11.6. The van der Waals surface area contributed by atoms with Crippen molar-refractivity contribution < 1.29 is 0 Å². The molecule has 4 nitrogen and oxygen atoms in total. The molecule has 2 rings (SSSR count). The van der Waals surface area contributed by atoms with E-state index in [1.165, 1.54) is 11.3 Å². The van der Waals surface area contributed by atoms with E-state index in [-0.39, 0.29) is 6.04 Å². The molecule has 0 aromatic carbocycles. The second-order valence-electron chi connectivity index (χ2n) is 5.44. The Balaban J connectivity index is 2.43. The molecule has 0 bridgehead atoms. The van der Waals surface area contributed by atoms with E-state index in [1.54, 1.807) is 0 Å². The maximum Gasteiger partial charge on any atom is 0.0644 e. The van der Waals surface area contributed by atoms with Crippen molar-refractivity contribution in [2.75, 3.05) is 6.54 Å². The van der Waals surface area contributed by atoms with Gasteiger partial charge in [-0.1, -0.05) is 0 Å². The van der Waals surface area contributed by atoms with Crippen LogP contribution in [0.5, 0.6) is 0 Å². The number of hydrogen-bond donors (Lipinski definition) is 1. The second kappa shape index (κ2) is 4.42. The van der Waals surface area contributed by atoms with E-state index in [4.69, 9.17) is 5.73 Å². The number of nitrogens with zero attached hydrogens (tertiary/aromatic N) is 3. The van der Waals surface area contributed by atoms with Crippen LogP contribution in [0.15, 0.2) is 0 Å². The minimum Gasteiger partial charge on any atom is -0.326 e. The molecule has 1 saturated heterocycles. The van der Waals surface area contributed by atoms with Gasteiger partial charge in [0.1, 0.15) is 0 Å². The van der Waals surface area contributed by atoms with Crippen LogP contribution in [0, 0.1) is 13.8 Å². The minimum atomic E-state index is 0.235. The van der Waals surface area contributed by atoms with E-state index in [1.807, 2.05) is 11.7 Å². The third kappa shape index (κ3) is 2.00. The van der Waals surface area contributed by atoms with Crippen molar-refractivity contribution in [2.24, 2.45) is 12.8 Å². The van der Waals surface area contributed by atoms with E-state index in [0.717, 1.165) is 18.7 Å². The predicted octanol–water partition coefficient (Wildman–Crippen LogP) is 1.52. The van der Waals surface area contributed by atoms with Crippen molar-refractivity contribution in [3.8, 4) is 0 Å². The van der Waals surface area contributed by atoms with Crippen molar-refractivity contribution in [2.45, 2.75) is 52.2 Å². The smallest absolute Gasteiger partial charge is 0.0644 e. The molecule has 1 aliphatic rings. The van der Waals surface area contributed by atoms with Crippen LogP contribution in [-0.2, 0) is 7.05 Å². The summed E-state index contributed by atoms with van der Waals surface area (Å²) in [6.07, 6.45) is 1.08. The van der Waals surface area contributed by atoms with Crippen molar-refractivity contribution in [3.05, 3.63) is 17.0 Å². The average molecular weight is 236 g/mol. The lowest BCUT2D eigenvalue weighted by Crippen LogP contribution is -2.36. The molecule has 0 spiro atoms. The Morgan fingerprint density at radius 3 is 2.47 bits per heavy atom. The highest BCUT2D eigenvalue weighted by atomic mass is 15.3. The lowest BCUT2D eigenvalue weighted by molar-refractivity contribution is 0.197. The van der Waals surface area contributed by atoms with E-state index < -0.39 is 0 Å². The number of hydrogen-bond acceptors (Lipinski definition) is 3. The zero-order chi connectivity index (χ0) is 12.7. The van der Waals surface area contributed by atoms with Crippen LogP contribution >= 0.6 is 0 Å². The van der Waals surface area contributed by atoms with Gasteiger partial charge in [0.15, 0.2) is 0 Å². The molecule has 0 amide bonds. The normalized spacial score (nSPS) is 26.1. The van der Waals surface area contributed by atoms with Gasteiger partial charge in [-0.25, -0.2) is 0 Å². The molecule has 2 N–H and O–H groups in total. The van der Waals surface area contributed by atoms with Crippen molar-refractivity contribution >= 4 is 0 Å². The van der Waals surface area contributed by atoms with E-state index in [2.05, 4.69) is 37.7 Å². The summed E-state index contributed by atoms with van der Waals surface area (Å²) >= 11 is 0. The lowest BCUT2D eigenvalue weighted by Gasteiger charge is -2.30. The Labute approximate surface area is 104 Å². The van der Waals surface area contributed by atoms with E-state index >= 15 is 0 Å². The van der Waals surface area contributed by atoms with Gasteiger partial charge in [-0.15, -0.1) is 0 Å². The SMILES string of the molecule is Cc1nn(C)c(C)c1C1C(N)CCN1C(C)C. The van der Waals surface area contributed by atoms with Crippen LogP contribution in [0.25, 0.3) is 0 Å². The quantitative estimate of drug-likeness (QED) is 0.847. The van der Waals surface area contributed by atoms with Crippen LogP contribution in [0.3, 0.4) is 0 Å². The molecule has 2 atom stereocenters. The number of rotatable bonds is 2. The second-order valence-corrected chi connectivity index (χ2v) is 5.44. The Morgan fingerprint density at radius 2 is 2.00 bits per heavy atom. The molecule has 96 valence electrons. The van der Waals surface area contributed by atoms with Gasteiger partial charge in [-0.3, -0.25) is 9.58 Å². The highest BCUT2D eigenvalue weighted by molar-refractivity contribution is 5.30. The summed E-state index contributed by atoms with van der Waals surface area (Å²) in [6, 6.07) is 1.11. The molecular formula is C13H24N4. The number of nitrogens with two attached hydrogens (primary N) is 1. The summed E-state index contributed by atoms with van der Waals surface area (Å²) in [5, 5.41) is 4.52. The molecule has 1 aromatic heterocycles. The van der Waals surface area contributed by atoms with Gasteiger partial charge in [-0.2, -0.15) is 5.10 Å². The monoisotopic (exact) mass is 236 g/mol. The van der Waals surface area contributed by atoms with Gasteiger partial charge in [0, 0.05) is 36.9 Å². The Kier molecular flexibility index (Phi) is 3.27. The molecule has 0 aliphatic carbocycles. The first-order chi connectivity index (χ1) is 7.93. The van der Waals surface area contributed by atoms with E-state index in [0.29, 0.717) is 12.1 Å². The highest BCUT2D eigenvalue weighted by Crippen LogP contribution is 2.35. The highest BCUT2D eigenvalue weighted by Gasteiger charge is 2.37. The van der Waals surface area contributed by atoms with Crippen LogP contribution < -0.4 is 5.73 Å². The first-order valence-corrected chi connectivity index (χ1v) is 6.45. The Hall–Kier alpha value is -0.870. The summed E-state index contributed by atoms with van der Waals surface area (Å²) in [5.41, 5.74) is 10.0. The fraction of sp³-hybridized carbons (Fsp3) is 0.769. The zero-order valence-electron chi connectivity index (χ0n) is 11.6. The van der Waals surface area contributed by atoms with E-state index in [9.17, 15) is 0 Å². The number of likely N-dealkylation sites (tertiary alicyclic amines) is 1. The van der Waals surface area contributed by atoms with Crippen LogP contribution in [0.4, 0.5) is 0 Å². The Bertz CT molecular complexity index is 408. The Morgan fingerprint density at radius 1 is 1.35 bits per heavy atom. The van der Waals surface area contributed by atoms with Crippen molar-refractivity contribution in [1.82, 2.24) is 14.7 Å². The molecule has 1 aromatic rings. The van der Waals surface area contributed by atoms with Crippen LogP contribution in [0.1, 0.15) is 43.3 Å². The summed E-state index contributed by atoms with van der Waals surface area (Å²) < 4.78 is 1.97. The molecule has 1 aliphatic heterocycles. The minimum absolute atomic E-state index is 0.235. The largest absolute Gasteiger partial charge is 0.326 e. The number of aromatic nitrogens is 2. The van der Waals surface area contributed by atoms with Crippen molar-refractivity contribution in [1.29, 1.82) is 0 Å². The van der Waals surface area contributed by atoms with Crippen molar-refractivity contribution in [3.63, 3.8) is 0 Å². The molecular weight excluding hydrogens is 212 g/mol. The van der Waals surface area contributed by atoms with Gasteiger partial charge in [0.25, 0.3) is 0 Å². The maximum atomic E-state index is 6.31. The summed E-state index contributed by atoms with van der Waals surface area (Å²) in [5.74, 6) is 0. The van der Waals surface area contributed by atoms with Crippen LogP contribution in [0.2, 0.25) is 0 Å². The molecule has 4 heteroatoms. The molecule has 0 saturated carbocycles. The van der Waals surface area contributed by atoms with Crippen LogP contribution in [-0.4, -0.2) is 33.3 Å². The fourth-order valence-electron chi connectivity index (χ4n) is 3.02. The molecule has 1 fully saturated rings. The topological polar surface area (TPSA) is 47.1 Å². The third-order valence-corrected chi connectivity index (χ3v) is 4.01. The maximum absolute atomic E-state index is 6.31. The first-order valence-electron chi connectivity index (χ1n) is 6.45. The van der Waals surface area contributed by atoms with Gasteiger partial charge in [-0.05, 0) is 34.1 Å². The molecule has 17 heavy (non-hydrogen) atoms. The average Bonchev–Trinajstić information content (AvgIpc) is 2.70. The third-order valence-electron chi connectivity index (χ3n) is 4.01. The molecule has 0 radical (unpaired) electrons. The van der Waals surface area contributed by atoms with Gasteiger partial charge < -0.3 is 5.73 Å². The summed E-state index contributed by atoms with van der Waals surface area (Å²) in [6.45, 7) is 9.81. The molecule has 2 heterocycles. The summed E-state index contributed by atoms with van der Waals surface area (Å²) in [4.78, 5) is 2.50. The van der Waals surface area contributed by atoms with Gasteiger partial charge >= 0.3 is 0 Å². The predicted molar refractivity (Wildman–Crippen MR) is 69.9 cm³/mol. The number of aryl methyl sites for hydroxylation is 2. The molecule has 2 unspecified atom stereocenters. The van der Waals surface area contributed by atoms with Gasteiger partial charge in [0.2, 0.25) is 0 Å². The first kappa shape index (κ1) is 12.6.